The maximum atomic E-state index is 6.01. The topological polar surface area (TPSA) is 47.3 Å². The lowest BCUT2D eigenvalue weighted by Gasteiger charge is -2.16. The van der Waals surface area contributed by atoms with Crippen LogP contribution in [0.2, 0.25) is 0 Å². The molecule has 108 valence electrons. The zero-order valence-electron chi connectivity index (χ0n) is 12.0. The highest BCUT2D eigenvalue weighted by Gasteiger charge is 2.07. The number of aromatic nitrogens is 1. The molecule has 4 heteroatoms. The third-order valence-electron chi connectivity index (χ3n) is 3.24. The van der Waals surface area contributed by atoms with Gasteiger partial charge in [0, 0.05) is 18.1 Å². The average molecular weight is 282 g/mol. The second kappa shape index (κ2) is 6.41. The number of nitrogens with zero attached hydrogens (tertiary/aromatic N) is 1. The van der Waals surface area contributed by atoms with Gasteiger partial charge in [-0.2, -0.15) is 0 Å². The molecule has 4 nitrogen and oxygen atoms in total. The molecule has 0 fully saturated rings. The first-order valence-corrected chi connectivity index (χ1v) is 7.06. The molecule has 0 aliphatic carbocycles. The molecule has 1 aromatic carbocycles. The van der Waals surface area contributed by atoms with E-state index in [1.165, 1.54) is 0 Å². The zero-order valence-corrected chi connectivity index (χ0v) is 12.0. The van der Waals surface area contributed by atoms with E-state index in [0.717, 1.165) is 29.0 Å². The first kappa shape index (κ1) is 13.6. The van der Waals surface area contributed by atoms with Crippen LogP contribution in [0.1, 0.15) is 12.7 Å². The maximum absolute atomic E-state index is 6.01. The smallest absolute Gasteiger partial charge is 0.129 e. The average Bonchev–Trinajstić information content (AvgIpc) is 3.01. The van der Waals surface area contributed by atoms with E-state index in [0.29, 0.717) is 6.54 Å². The number of benzene rings is 1. The Morgan fingerprint density at radius 1 is 1.19 bits per heavy atom. The van der Waals surface area contributed by atoms with Crippen LogP contribution in [0.3, 0.4) is 0 Å². The van der Waals surface area contributed by atoms with Gasteiger partial charge in [0.15, 0.2) is 0 Å². The van der Waals surface area contributed by atoms with Crippen LogP contribution >= 0.6 is 0 Å². The summed E-state index contributed by atoms with van der Waals surface area (Å²) in [6.45, 7) is 3.50. The maximum Gasteiger partial charge on any atom is 0.129 e. The van der Waals surface area contributed by atoms with Gasteiger partial charge in [0.25, 0.3) is 0 Å². The van der Waals surface area contributed by atoms with E-state index in [2.05, 4.69) is 10.3 Å². The Morgan fingerprint density at radius 3 is 3.00 bits per heavy atom. The molecule has 0 saturated heterocycles. The van der Waals surface area contributed by atoms with Gasteiger partial charge in [0.05, 0.1) is 18.3 Å². The largest absolute Gasteiger partial charge is 0.489 e. The summed E-state index contributed by atoms with van der Waals surface area (Å²) in [5, 5.41) is 4.36. The minimum atomic E-state index is 0.0609. The van der Waals surface area contributed by atoms with E-state index in [1.807, 2.05) is 49.4 Å². The monoisotopic (exact) mass is 282 g/mol. The van der Waals surface area contributed by atoms with E-state index in [1.54, 1.807) is 12.5 Å². The summed E-state index contributed by atoms with van der Waals surface area (Å²) in [5.41, 5.74) is 0.950. The third-order valence-corrected chi connectivity index (χ3v) is 3.24. The number of pyridine rings is 1. The molecule has 0 bridgehead atoms. The van der Waals surface area contributed by atoms with Crippen LogP contribution in [0.5, 0.6) is 5.75 Å². The molecule has 1 N–H and O–H groups in total. The summed E-state index contributed by atoms with van der Waals surface area (Å²) in [4.78, 5) is 4.34. The highest BCUT2D eigenvalue weighted by Crippen LogP contribution is 2.24. The van der Waals surface area contributed by atoms with Gasteiger partial charge in [-0.05, 0) is 43.3 Å². The SMILES string of the molecule is CC(CNCc1ccco1)Oc1cccc2ncccc12. The van der Waals surface area contributed by atoms with Gasteiger partial charge in [-0.25, -0.2) is 0 Å². The Balaban J connectivity index is 1.59. The lowest BCUT2D eigenvalue weighted by Crippen LogP contribution is -2.28. The standard InChI is InChI=1S/C17H18N2O2/c1-13(11-18-12-14-5-4-10-20-14)21-17-8-2-7-16-15(17)6-3-9-19-16/h2-10,13,18H,11-12H2,1H3. The number of ether oxygens (including phenoxy) is 1. The molecule has 2 heterocycles. The van der Waals surface area contributed by atoms with E-state index in [9.17, 15) is 0 Å². The first-order valence-electron chi connectivity index (χ1n) is 7.06. The van der Waals surface area contributed by atoms with Gasteiger partial charge in [0.1, 0.15) is 17.6 Å². The van der Waals surface area contributed by atoms with Crippen LogP contribution < -0.4 is 10.1 Å². The Labute approximate surface area is 123 Å². The molecule has 0 radical (unpaired) electrons. The summed E-state index contributed by atoms with van der Waals surface area (Å²) >= 11 is 0. The summed E-state index contributed by atoms with van der Waals surface area (Å²) in [6, 6.07) is 13.7. The van der Waals surface area contributed by atoms with Crippen LogP contribution in [0.4, 0.5) is 0 Å². The lowest BCUT2D eigenvalue weighted by atomic mass is 10.2. The van der Waals surface area contributed by atoms with Crippen molar-refractivity contribution in [3.8, 4) is 5.75 Å². The molecule has 0 saturated carbocycles. The number of furan rings is 1. The van der Waals surface area contributed by atoms with Crippen LogP contribution in [0, 0.1) is 0 Å². The Kier molecular flexibility index (Phi) is 4.17. The molecular formula is C17H18N2O2. The van der Waals surface area contributed by atoms with Crippen molar-refractivity contribution >= 4 is 10.9 Å². The Morgan fingerprint density at radius 2 is 2.14 bits per heavy atom. The highest BCUT2D eigenvalue weighted by atomic mass is 16.5. The summed E-state index contributed by atoms with van der Waals surface area (Å²) in [5.74, 6) is 1.80. The first-order chi connectivity index (χ1) is 10.3. The molecule has 3 aromatic rings. The van der Waals surface area contributed by atoms with Gasteiger partial charge in [0.2, 0.25) is 0 Å². The second-order valence-electron chi connectivity index (χ2n) is 4.96. The van der Waals surface area contributed by atoms with Gasteiger partial charge < -0.3 is 14.5 Å². The molecule has 2 aromatic heterocycles. The molecule has 0 amide bonds. The Hall–Kier alpha value is -2.33. The zero-order chi connectivity index (χ0) is 14.5. The van der Waals surface area contributed by atoms with E-state index < -0.39 is 0 Å². The van der Waals surface area contributed by atoms with Crippen LogP contribution in [0.15, 0.2) is 59.3 Å². The van der Waals surface area contributed by atoms with Crippen molar-refractivity contribution in [3.63, 3.8) is 0 Å². The van der Waals surface area contributed by atoms with Crippen LogP contribution in [-0.2, 0) is 6.54 Å². The van der Waals surface area contributed by atoms with Crippen molar-refractivity contribution in [2.75, 3.05) is 6.54 Å². The second-order valence-corrected chi connectivity index (χ2v) is 4.96. The van der Waals surface area contributed by atoms with E-state index >= 15 is 0 Å². The van der Waals surface area contributed by atoms with Crippen LogP contribution in [0.25, 0.3) is 10.9 Å². The van der Waals surface area contributed by atoms with Crippen LogP contribution in [-0.4, -0.2) is 17.6 Å². The minimum Gasteiger partial charge on any atom is -0.489 e. The molecule has 1 atom stereocenters. The Bertz CT molecular complexity index is 690. The molecule has 21 heavy (non-hydrogen) atoms. The molecule has 0 aliphatic heterocycles. The molecule has 3 rings (SSSR count). The van der Waals surface area contributed by atoms with Crippen molar-refractivity contribution < 1.29 is 9.15 Å². The van der Waals surface area contributed by atoms with Gasteiger partial charge in [-0.1, -0.05) is 6.07 Å². The quantitative estimate of drug-likeness (QED) is 0.753. The number of hydrogen-bond donors (Lipinski definition) is 1. The fourth-order valence-electron chi connectivity index (χ4n) is 2.25. The fraction of sp³-hybridized carbons (Fsp3) is 0.235. The number of fused-ring (bicyclic) bond motifs is 1. The van der Waals surface area contributed by atoms with Gasteiger partial charge >= 0.3 is 0 Å². The fourth-order valence-corrected chi connectivity index (χ4v) is 2.25. The van der Waals surface area contributed by atoms with Gasteiger partial charge in [-0.3, -0.25) is 4.98 Å². The summed E-state index contributed by atoms with van der Waals surface area (Å²) in [7, 11) is 0. The summed E-state index contributed by atoms with van der Waals surface area (Å²) in [6.07, 6.45) is 3.53. The summed E-state index contributed by atoms with van der Waals surface area (Å²) < 4.78 is 11.3. The van der Waals surface area contributed by atoms with Crippen molar-refractivity contribution in [1.82, 2.24) is 10.3 Å². The molecular weight excluding hydrogens is 264 g/mol. The predicted octanol–water partition coefficient (Wildman–Crippen LogP) is 3.38. The minimum absolute atomic E-state index is 0.0609. The number of hydrogen-bond acceptors (Lipinski definition) is 4. The lowest BCUT2D eigenvalue weighted by molar-refractivity contribution is 0.218. The normalized spacial score (nSPS) is 12.4. The van der Waals surface area contributed by atoms with E-state index in [4.69, 9.17) is 9.15 Å². The van der Waals surface area contributed by atoms with E-state index in [-0.39, 0.29) is 6.10 Å². The van der Waals surface area contributed by atoms with Gasteiger partial charge in [-0.15, -0.1) is 0 Å². The number of rotatable bonds is 6. The predicted molar refractivity (Wildman–Crippen MR) is 82.2 cm³/mol. The van der Waals surface area contributed by atoms with Crippen molar-refractivity contribution in [1.29, 1.82) is 0 Å². The number of nitrogens with one attached hydrogen (secondary N) is 1. The highest BCUT2D eigenvalue weighted by molar-refractivity contribution is 5.84. The molecule has 0 spiro atoms. The molecule has 0 aliphatic rings. The molecule has 1 unspecified atom stereocenters. The third kappa shape index (κ3) is 3.41. The van der Waals surface area contributed by atoms with Crippen molar-refractivity contribution in [2.45, 2.75) is 19.6 Å². The van der Waals surface area contributed by atoms with Crippen molar-refractivity contribution in [3.05, 3.63) is 60.7 Å². The van der Waals surface area contributed by atoms with Crippen molar-refractivity contribution in [2.24, 2.45) is 0 Å².